The predicted octanol–water partition coefficient (Wildman–Crippen LogP) is 2.76. The number of hydrogen-bond donors (Lipinski definition) is 1. The maximum atomic E-state index is 6.05. The summed E-state index contributed by atoms with van der Waals surface area (Å²) in [7, 11) is 0. The molecule has 1 saturated carbocycles. The van der Waals surface area contributed by atoms with E-state index in [0.717, 1.165) is 35.1 Å². The van der Waals surface area contributed by atoms with Gasteiger partial charge in [-0.15, -0.1) is 0 Å². The summed E-state index contributed by atoms with van der Waals surface area (Å²) < 4.78 is 2.09. The number of pyridine rings is 1. The van der Waals surface area contributed by atoms with Crippen LogP contribution in [0.3, 0.4) is 0 Å². The lowest BCUT2D eigenvalue weighted by Gasteiger charge is -2.12. The number of aromatic nitrogens is 3. The third-order valence-electron chi connectivity index (χ3n) is 4.11. The Labute approximate surface area is 107 Å². The van der Waals surface area contributed by atoms with Gasteiger partial charge in [-0.2, -0.15) is 0 Å². The molecular formula is C14H20N4. The van der Waals surface area contributed by atoms with E-state index in [1.807, 2.05) is 12.3 Å². The van der Waals surface area contributed by atoms with Crippen LogP contribution >= 0.6 is 0 Å². The first kappa shape index (κ1) is 11.5. The Morgan fingerprint density at radius 2 is 2.28 bits per heavy atom. The summed E-state index contributed by atoms with van der Waals surface area (Å²) in [4.78, 5) is 8.90. The van der Waals surface area contributed by atoms with Crippen molar-refractivity contribution in [1.29, 1.82) is 0 Å². The lowest BCUT2D eigenvalue weighted by Crippen LogP contribution is -2.11. The molecule has 0 spiro atoms. The molecule has 2 atom stereocenters. The lowest BCUT2D eigenvalue weighted by atomic mass is 10.1. The van der Waals surface area contributed by atoms with Gasteiger partial charge in [-0.3, -0.25) is 4.57 Å². The fourth-order valence-corrected chi connectivity index (χ4v) is 3.08. The highest BCUT2D eigenvalue weighted by Gasteiger charge is 2.23. The minimum Gasteiger partial charge on any atom is -0.369 e. The molecular weight excluding hydrogens is 224 g/mol. The van der Waals surface area contributed by atoms with Crippen molar-refractivity contribution in [2.75, 3.05) is 5.73 Å². The van der Waals surface area contributed by atoms with Crippen LogP contribution in [0, 0.1) is 18.8 Å². The van der Waals surface area contributed by atoms with Crippen LogP contribution in [-0.4, -0.2) is 14.5 Å². The Morgan fingerprint density at radius 3 is 3.00 bits per heavy atom. The molecule has 96 valence electrons. The van der Waals surface area contributed by atoms with Crippen LogP contribution in [0.2, 0.25) is 0 Å². The van der Waals surface area contributed by atoms with Gasteiger partial charge in [-0.05, 0) is 43.2 Å². The molecule has 2 aromatic heterocycles. The Morgan fingerprint density at radius 1 is 1.44 bits per heavy atom. The number of imidazole rings is 1. The van der Waals surface area contributed by atoms with E-state index in [-0.39, 0.29) is 0 Å². The fraction of sp³-hybridized carbons (Fsp3) is 0.571. The van der Waals surface area contributed by atoms with E-state index in [4.69, 9.17) is 5.73 Å². The van der Waals surface area contributed by atoms with E-state index >= 15 is 0 Å². The molecule has 0 saturated heterocycles. The molecule has 0 aromatic carbocycles. The molecule has 4 nitrogen and oxygen atoms in total. The van der Waals surface area contributed by atoms with Crippen molar-refractivity contribution in [3.63, 3.8) is 0 Å². The average Bonchev–Trinajstić information content (AvgIpc) is 2.87. The molecule has 0 bridgehead atoms. The lowest BCUT2D eigenvalue weighted by molar-refractivity contribution is 0.449. The Hall–Kier alpha value is -1.58. The van der Waals surface area contributed by atoms with Gasteiger partial charge < -0.3 is 5.73 Å². The molecule has 2 unspecified atom stereocenters. The number of anilines is 1. The zero-order valence-electron chi connectivity index (χ0n) is 11.1. The molecule has 2 heterocycles. The highest BCUT2D eigenvalue weighted by Crippen LogP contribution is 2.32. The third-order valence-corrected chi connectivity index (χ3v) is 4.11. The first-order chi connectivity index (χ1) is 8.65. The first-order valence-corrected chi connectivity index (χ1v) is 6.72. The molecule has 18 heavy (non-hydrogen) atoms. The van der Waals surface area contributed by atoms with Gasteiger partial charge in [0.15, 0.2) is 5.65 Å². The van der Waals surface area contributed by atoms with Gasteiger partial charge in [0, 0.05) is 12.7 Å². The molecule has 1 aliphatic rings. The van der Waals surface area contributed by atoms with E-state index in [9.17, 15) is 0 Å². The molecule has 3 rings (SSSR count). The van der Waals surface area contributed by atoms with Gasteiger partial charge >= 0.3 is 0 Å². The topological polar surface area (TPSA) is 56.7 Å². The van der Waals surface area contributed by atoms with Crippen LogP contribution in [-0.2, 0) is 6.54 Å². The van der Waals surface area contributed by atoms with Gasteiger partial charge in [0.25, 0.3) is 0 Å². The number of nitrogens with zero attached hydrogens (tertiary/aromatic N) is 3. The van der Waals surface area contributed by atoms with Crippen LogP contribution in [0.1, 0.15) is 31.7 Å². The Kier molecular flexibility index (Phi) is 2.73. The molecule has 2 aromatic rings. The summed E-state index contributed by atoms with van der Waals surface area (Å²) in [5, 5.41) is 0. The van der Waals surface area contributed by atoms with Crippen LogP contribution in [0.25, 0.3) is 11.2 Å². The SMILES string of the molecule is Cc1ccnc2c1nc(N)n2CC1CCC(C)C1. The molecule has 0 aliphatic heterocycles. The van der Waals surface area contributed by atoms with Crippen LogP contribution in [0.15, 0.2) is 12.3 Å². The zero-order chi connectivity index (χ0) is 12.7. The fourth-order valence-electron chi connectivity index (χ4n) is 3.08. The largest absolute Gasteiger partial charge is 0.369 e. The highest BCUT2D eigenvalue weighted by atomic mass is 15.2. The second-order valence-corrected chi connectivity index (χ2v) is 5.66. The normalized spacial score (nSPS) is 23.9. The summed E-state index contributed by atoms with van der Waals surface area (Å²) in [5.74, 6) is 2.18. The second-order valence-electron chi connectivity index (χ2n) is 5.66. The molecule has 1 aliphatic carbocycles. The molecule has 0 radical (unpaired) electrons. The summed E-state index contributed by atoms with van der Waals surface area (Å²) in [6.45, 7) is 5.35. The average molecular weight is 244 g/mol. The number of hydrogen-bond acceptors (Lipinski definition) is 3. The zero-order valence-corrected chi connectivity index (χ0v) is 11.1. The number of aryl methyl sites for hydroxylation is 1. The van der Waals surface area contributed by atoms with E-state index < -0.39 is 0 Å². The molecule has 1 fully saturated rings. The van der Waals surface area contributed by atoms with Crippen LogP contribution in [0.4, 0.5) is 5.95 Å². The predicted molar refractivity (Wildman–Crippen MR) is 73.2 cm³/mol. The van der Waals surface area contributed by atoms with E-state index in [1.165, 1.54) is 19.3 Å². The van der Waals surface area contributed by atoms with E-state index in [1.54, 1.807) is 0 Å². The van der Waals surface area contributed by atoms with Crippen molar-refractivity contribution in [2.45, 2.75) is 39.7 Å². The molecule has 2 N–H and O–H groups in total. The van der Waals surface area contributed by atoms with Gasteiger partial charge in [0.05, 0.1) is 0 Å². The minimum atomic E-state index is 0.603. The van der Waals surface area contributed by atoms with Gasteiger partial charge in [-0.25, -0.2) is 9.97 Å². The van der Waals surface area contributed by atoms with Crippen molar-refractivity contribution in [3.8, 4) is 0 Å². The Balaban J connectivity index is 1.96. The van der Waals surface area contributed by atoms with Crippen molar-refractivity contribution in [1.82, 2.24) is 14.5 Å². The second kappa shape index (κ2) is 4.26. The number of fused-ring (bicyclic) bond motifs is 1. The highest BCUT2D eigenvalue weighted by molar-refractivity contribution is 5.77. The van der Waals surface area contributed by atoms with Gasteiger partial charge in [0.2, 0.25) is 5.95 Å². The van der Waals surface area contributed by atoms with E-state index in [2.05, 4.69) is 28.4 Å². The molecule has 0 amide bonds. The quantitative estimate of drug-likeness (QED) is 0.883. The summed E-state index contributed by atoms with van der Waals surface area (Å²) in [5.41, 5.74) is 9.07. The Bertz CT molecular complexity index is 572. The third kappa shape index (κ3) is 1.85. The summed E-state index contributed by atoms with van der Waals surface area (Å²) >= 11 is 0. The van der Waals surface area contributed by atoms with E-state index in [0.29, 0.717) is 5.95 Å². The molecule has 4 heteroatoms. The first-order valence-electron chi connectivity index (χ1n) is 6.72. The van der Waals surface area contributed by atoms with Crippen LogP contribution < -0.4 is 5.73 Å². The van der Waals surface area contributed by atoms with Gasteiger partial charge in [-0.1, -0.05) is 13.3 Å². The smallest absolute Gasteiger partial charge is 0.202 e. The van der Waals surface area contributed by atoms with Crippen molar-refractivity contribution < 1.29 is 0 Å². The monoisotopic (exact) mass is 244 g/mol. The standard InChI is InChI=1S/C14H20N4/c1-9-3-4-11(7-9)8-18-13-12(17-14(18)15)10(2)5-6-16-13/h5-6,9,11H,3-4,7-8H2,1-2H3,(H2,15,17). The van der Waals surface area contributed by atoms with Crippen molar-refractivity contribution >= 4 is 17.1 Å². The maximum absolute atomic E-state index is 6.05. The van der Waals surface area contributed by atoms with Crippen molar-refractivity contribution in [2.24, 2.45) is 11.8 Å². The number of nitrogens with two attached hydrogens (primary N) is 1. The van der Waals surface area contributed by atoms with Crippen molar-refractivity contribution in [3.05, 3.63) is 17.8 Å². The number of rotatable bonds is 2. The maximum Gasteiger partial charge on any atom is 0.202 e. The number of nitrogen functional groups attached to an aromatic ring is 1. The van der Waals surface area contributed by atoms with Gasteiger partial charge in [0.1, 0.15) is 5.52 Å². The summed E-state index contributed by atoms with van der Waals surface area (Å²) in [6, 6.07) is 1.98. The van der Waals surface area contributed by atoms with Crippen LogP contribution in [0.5, 0.6) is 0 Å². The minimum absolute atomic E-state index is 0.603. The summed E-state index contributed by atoms with van der Waals surface area (Å²) in [6.07, 6.45) is 5.77.